The Balaban J connectivity index is 1.59. The summed E-state index contributed by atoms with van der Waals surface area (Å²) in [6, 6.07) is 3.82. The van der Waals surface area contributed by atoms with Crippen molar-refractivity contribution in [3.05, 3.63) is 24.7 Å². The van der Waals surface area contributed by atoms with Crippen LogP contribution in [0.2, 0.25) is 0 Å². The van der Waals surface area contributed by atoms with E-state index in [-0.39, 0.29) is 17.8 Å². The number of rotatable bonds is 5. The van der Waals surface area contributed by atoms with Crippen LogP contribution in [0.3, 0.4) is 0 Å². The molecule has 0 aromatic carbocycles. The van der Waals surface area contributed by atoms with Gasteiger partial charge in [-0.1, -0.05) is 0 Å². The first-order valence-corrected chi connectivity index (χ1v) is 9.09. The highest BCUT2D eigenvalue weighted by molar-refractivity contribution is 7.89. The molecular weight excluding hydrogens is 304 g/mol. The molecule has 120 valence electrons. The largest absolute Gasteiger partial charge is 0.473 e. The van der Waals surface area contributed by atoms with E-state index >= 15 is 0 Å². The van der Waals surface area contributed by atoms with Crippen molar-refractivity contribution in [3.63, 3.8) is 0 Å². The maximum absolute atomic E-state index is 11.6. The van der Waals surface area contributed by atoms with Crippen LogP contribution in [-0.4, -0.2) is 41.9 Å². The summed E-state index contributed by atoms with van der Waals surface area (Å²) >= 11 is 0. The Labute approximate surface area is 129 Å². The van der Waals surface area contributed by atoms with Crippen LogP contribution in [0.5, 0.6) is 5.88 Å². The van der Waals surface area contributed by atoms with Crippen LogP contribution >= 0.6 is 0 Å². The second kappa shape index (κ2) is 6.21. The van der Waals surface area contributed by atoms with E-state index in [2.05, 4.69) is 14.8 Å². The van der Waals surface area contributed by atoms with E-state index in [9.17, 15) is 8.42 Å². The number of ether oxygens (including phenoxy) is 1. The van der Waals surface area contributed by atoms with Crippen LogP contribution in [0.25, 0.3) is 5.52 Å². The molecule has 0 bridgehead atoms. The first-order chi connectivity index (χ1) is 10.6. The summed E-state index contributed by atoms with van der Waals surface area (Å²) in [4.78, 5) is 4.20. The Bertz CT molecular complexity index is 735. The highest BCUT2D eigenvalue weighted by atomic mass is 32.2. The zero-order valence-corrected chi connectivity index (χ0v) is 13.3. The van der Waals surface area contributed by atoms with Gasteiger partial charge in [0.15, 0.2) is 0 Å². The van der Waals surface area contributed by atoms with Crippen molar-refractivity contribution >= 4 is 15.5 Å². The van der Waals surface area contributed by atoms with E-state index < -0.39 is 10.0 Å². The fourth-order valence-electron chi connectivity index (χ4n) is 2.90. The molecule has 3 rings (SSSR count). The molecule has 0 atom stereocenters. The smallest absolute Gasteiger partial charge is 0.241 e. The van der Waals surface area contributed by atoms with E-state index in [1.165, 1.54) is 13.4 Å². The molecule has 0 aliphatic heterocycles. The Morgan fingerprint density at radius 3 is 2.86 bits per heavy atom. The molecule has 2 aromatic heterocycles. The van der Waals surface area contributed by atoms with Crippen molar-refractivity contribution in [2.75, 3.05) is 12.8 Å². The van der Waals surface area contributed by atoms with Crippen LogP contribution in [0.1, 0.15) is 25.7 Å². The van der Waals surface area contributed by atoms with Crippen molar-refractivity contribution in [2.45, 2.75) is 31.8 Å². The van der Waals surface area contributed by atoms with Crippen molar-refractivity contribution in [1.82, 2.24) is 19.3 Å². The van der Waals surface area contributed by atoms with Gasteiger partial charge in [0.25, 0.3) is 0 Å². The number of nitrogens with zero attached hydrogens (tertiary/aromatic N) is 3. The minimum absolute atomic E-state index is 0.0853. The molecule has 0 amide bonds. The van der Waals surface area contributed by atoms with E-state index in [4.69, 9.17) is 4.74 Å². The molecule has 0 saturated heterocycles. The number of nitrogens with one attached hydrogen (secondary N) is 1. The fraction of sp³-hybridized carbons (Fsp3) is 0.571. The van der Waals surface area contributed by atoms with Gasteiger partial charge in [0.1, 0.15) is 17.9 Å². The Hall–Kier alpha value is -1.67. The van der Waals surface area contributed by atoms with Gasteiger partial charge < -0.3 is 4.74 Å². The lowest BCUT2D eigenvalue weighted by Crippen LogP contribution is -2.31. The Morgan fingerprint density at radius 1 is 1.36 bits per heavy atom. The average molecular weight is 324 g/mol. The zero-order valence-electron chi connectivity index (χ0n) is 12.5. The van der Waals surface area contributed by atoms with Gasteiger partial charge in [-0.25, -0.2) is 17.7 Å². The normalized spacial score (nSPS) is 22.8. The summed E-state index contributed by atoms with van der Waals surface area (Å²) in [5, 5.41) is 4.11. The molecule has 1 fully saturated rings. The first kappa shape index (κ1) is 15.2. The third-order valence-electron chi connectivity index (χ3n) is 4.14. The number of hydrogen-bond donors (Lipinski definition) is 1. The first-order valence-electron chi connectivity index (χ1n) is 7.43. The quantitative estimate of drug-likeness (QED) is 0.893. The maximum atomic E-state index is 11.6. The summed E-state index contributed by atoms with van der Waals surface area (Å²) in [5.74, 6) is 0.995. The topological polar surface area (TPSA) is 85.6 Å². The predicted octanol–water partition coefficient (Wildman–Crippen LogP) is 1.22. The van der Waals surface area contributed by atoms with Gasteiger partial charge in [-0.15, -0.1) is 0 Å². The molecule has 0 spiro atoms. The second-order valence-electron chi connectivity index (χ2n) is 5.65. The molecule has 0 unspecified atom stereocenters. The lowest BCUT2D eigenvalue weighted by molar-refractivity contribution is 0.131. The zero-order chi connectivity index (χ0) is 15.6. The van der Waals surface area contributed by atoms with Crippen molar-refractivity contribution < 1.29 is 13.2 Å². The van der Waals surface area contributed by atoms with Gasteiger partial charge in [-0.05, 0) is 50.8 Å². The van der Waals surface area contributed by atoms with Gasteiger partial charge in [0.05, 0.1) is 5.75 Å². The van der Waals surface area contributed by atoms with Crippen LogP contribution < -0.4 is 9.46 Å². The molecule has 1 N–H and O–H groups in total. The molecule has 2 aromatic rings. The number of sulfonamides is 1. The van der Waals surface area contributed by atoms with Crippen molar-refractivity contribution in [1.29, 1.82) is 0 Å². The molecule has 0 radical (unpaired) electrons. The summed E-state index contributed by atoms with van der Waals surface area (Å²) in [6.45, 7) is 0. The third kappa shape index (κ3) is 3.38. The highest BCUT2D eigenvalue weighted by Gasteiger charge is 2.26. The average Bonchev–Trinajstić information content (AvgIpc) is 2.99. The minimum Gasteiger partial charge on any atom is -0.473 e. The van der Waals surface area contributed by atoms with Crippen LogP contribution in [-0.2, 0) is 10.0 Å². The molecule has 1 aliphatic rings. The third-order valence-corrected chi connectivity index (χ3v) is 5.67. The lowest BCUT2D eigenvalue weighted by atomic mass is 9.89. The van der Waals surface area contributed by atoms with Crippen LogP contribution in [0, 0.1) is 5.92 Å². The molecule has 1 aliphatic carbocycles. The molecule has 8 heteroatoms. The van der Waals surface area contributed by atoms with Crippen LogP contribution in [0.4, 0.5) is 0 Å². The van der Waals surface area contributed by atoms with Gasteiger partial charge in [0.2, 0.25) is 15.9 Å². The maximum Gasteiger partial charge on any atom is 0.241 e. The summed E-state index contributed by atoms with van der Waals surface area (Å²) in [7, 11) is -1.67. The van der Waals surface area contributed by atoms with Gasteiger partial charge in [0, 0.05) is 6.20 Å². The standard InChI is InChI=1S/C14H20N4O3S/c1-15-22(19,20)9-11-4-6-12(7-5-11)21-14-13-3-2-8-18(13)17-10-16-14/h2-3,8,10-12,15H,4-7,9H2,1H3. The number of hydrogen-bond acceptors (Lipinski definition) is 5. The van der Waals surface area contributed by atoms with Gasteiger partial charge in [-0.2, -0.15) is 10.1 Å². The van der Waals surface area contributed by atoms with Crippen molar-refractivity contribution in [3.8, 4) is 5.88 Å². The highest BCUT2D eigenvalue weighted by Crippen LogP contribution is 2.29. The second-order valence-corrected chi connectivity index (χ2v) is 7.62. The van der Waals surface area contributed by atoms with Gasteiger partial charge >= 0.3 is 0 Å². The molecule has 2 heterocycles. The number of fused-ring (bicyclic) bond motifs is 1. The lowest BCUT2D eigenvalue weighted by Gasteiger charge is -2.28. The monoisotopic (exact) mass is 324 g/mol. The molecule has 7 nitrogen and oxygen atoms in total. The minimum atomic E-state index is -3.13. The van der Waals surface area contributed by atoms with Crippen molar-refractivity contribution in [2.24, 2.45) is 5.92 Å². The van der Waals surface area contributed by atoms with Crippen LogP contribution in [0.15, 0.2) is 24.7 Å². The van der Waals surface area contributed by atoms with Gasteiger partial charge in [-0.3, -0.25) is 0 Å². The summed E-state index contributed by atoms with van der Waals surface area (Å²) < 4.78 is 33.3. The van der Waals surface area contributed by atoms with E-state index in [0.29, 0.717) is 5.88 Å². The SMILES string of the molecule is CNS(=O)(=O)CC1CCC(Oc2ncnn3cccc23)CC1. The van der Waals surface area contributed by atoms with E-state index in [0.717, 1.165) is 31.2 Å². The predicted molar refractivity (Wildman–Crippen MR) is 82.2 cm³/mol. The summed E-state index contributed by atoms with van der Waals surface area (Å²) in [6.07, 6.45) is 6.82. The molecule has 1 saturated carbocycles. The molecular formula is C14H20N4O3S. The fourth-order valence-corrected chi connectivity index (χ4v) is 4.02. The molecule has 22 heavy (non-hydrogen) atoms. The Morgan fingerprint density at radius 2 is 2.14 bits per heavy atom. The van der Waals surface area contributed by atoms with E-state index in [1.54, 1.807) is 4.52 Å². The van der Waals surface area contributed by atoms with E-state index in [1.807, 2.05) is 18.3 Å². The summed E-state index contributed by atoms with van der Waals surface area (Å²) in [5.41, 5.74) is 0.849. The Kier molecular flexibility index (Phi) is 4.30. The number of aromatic nitrogens is 3.